The number of ether oxygens (including phenoxy) is 3. The molecule has 0 unspecified atom stereocenters. The molecule has 11 heteroatoms. The third-order valence-electron chi connectivity index (χ3n) is 3.57. The first-order valence-electron chi connectivity index (χ1n) is 7.87. The summed E-state index contributed by atoms with van der Waals surface area (Å²) in [7, 11) is 0. The first-order chi connectivity index (χ1) is 13.0. The van der Waals surface area contributed by atoms with Gasteiger partial charge in [0.05, 0.1) is 15.7 Å². The topological polar surface area (TPSA) is 116 Å². The lowest BCUT2D eigenvalue weighted by atomic mass is 9.98. The molecule has 2 amide bonds. The maximum atomic E-state index is 12.9. The summed E-state index contributed by atoms with van der Waals surface area (Å²) in [5.74, 6) is -4.63. The Morgan fingerprint density at radius 3 is 1.68 bits per heavy atom. The molecule has 1 aromatic carbocycles. The van der Waals surface area contributed by atoms with Crippen molar-refractivity contribution >= 4 is 58.6 Å². The van der Waals surface area contributed by atoms with Crippen molar-refractivity contribution < 1.29 is 38.2 Å². The maximum absolute atomic E-state index is 12.9. The summed E-state index contributed by atoms with van der Waals surface area (Å²) in [6, 6.07) is 3.91. The van der Waals surface area contributed by atoms with Gasteiger partial charge in [-0.1, -0.05) is 23.2 Å². The van der Waals surface area contributed by atoms with E-state index in [1.165, 1.54) is 18.2 Å². The number of piperidine rings is 1. The van der Waals surface area contributed by atoms with Gasteiger partial charge in [0.15, 0.2) is 6.10 Å². The second-order valence-corrected chi connectivity index (χ2v) is 6.56. The van der Waals surface area contributed by atoms with E-state index in [0.29, 0.717) is 4.90 Å². The zero-order chi connectivity index (χ0) is 21.2. The average Bonchev–Trinajstić information content (AvgIpc) is 2.57. The molecule has 0 aliphatic carbocycles. The number of carbonyl (C=O) groups is 5. The van der Waals surface area contributed by atoms with Gasteiger partial charge in [0.1, 0.15) is 0 Å². The highest BCUT2D eigenvalue weighted by atomic mass is 35.5. The predicted molar refractivity (Wildman–Crippen MR) is 95.6 cm³/mol. The van der Waals surface area contributed by atoms with Crippen molar-refractivity contribution in [3.8, 4) is 0 Å². The van der Waals surface area contributed by atoms with Gasteiger partial charge in [-0.15, -0.1) is 0 Å². The highest BCUT2D eigenvalue weighted by molar-refractivity contribution is 6.42. The van der Waals surface area contributed by atoms with Crippen molar-refractivity contribution in [3.63, 3.8) is 0 Å². The number of amides is 2. The van der Waals surface area contributed by atoms with Crippen LogP contribution in [0.15, 0.2) is 18.2 Å². The van der Waals surface area contributed by atoms with Crippen LogP contribution in [0.2, 0.25) is 10.0 Å². The molecule has 150 valence electrons. The second-order valence-electron chi connectivity index (χ2n) is 5.74. The van der Waals surface area contributed by atoms with E-state index in [9.17, 15) is 24.0 Å². The molecule has 0 bridgehead atoms. The van der Waals surface area contributed by atoms with E-state index < -0.39 is 48.0 Å². The lowest BCUT2D eigenvalue weighted by molar-refractivity contribution is -0.191. The summed E-state index contributed by atoms with van der Waals surface area (Å²) in [6.45, 7) is 3.08. The SMILES string of the molecule is CC(=O)OC1[C@H](OC(C)=O)C(=O)N(c2ccc(Cl)c(Cl)c2)C(=O)[C@H]1OC(C)=O. The molecule has 2 atom stereocenters. The van der Waals surface area contributed by atoms with E-state index in [1.807, 2.05) is 0 Å². The number of nitrogens with zero attached hydrogens (tertiary/aromatic N) is 1. The summed E-state index contributed by atoms with van der Waals surface area (Å²) < 4.78 is 14.9. The van der Waals surface area contributed by atoms with Crippen LogP contribution >= 0.6 is 23.2 Å². The Bertz CT molecular complexity index is 820. The molecule has 0 radical (unpaired) electrons. The zero-order valence-corrected chi connectivity index (χ0v) is 16.4. The molecule has 1 saturated heterocycles. The number of benzene rings is 1. The van der Waals surface area contributed by atoms with Crippen LogP contribution in [0.5, 0.6) is 0 Å². The molecule has 1 aliphatic heterocycles. The van der Waals surface area contributed by atoms with Gasteiger partial charge in [0.25, 0.3) is 11.8 Å². The molecule has 1 fully saturated rings. The van der Waals surface area contributed by atoms with Crippen molar-refractivity contribution in [1.82, 2.24) is 0 Å². The second kappa shape index (κ2) is 8.57. The van der Waals surface area contributed by atoms with Crippen LogP contribution in [-0.2, 0) is 38.2 Å². The van der Waals surface area contributed by atoms with Gasteiger partial charge in [-0.2, -0.15) is 0 Å². The molecule has 0 saturated carbocycles. The van der Waals surface area contributed by atoms with Gasteiger partial charge in [0, 0.05) is 20.8 Å². The van der Waals surface area contributed by atoms with Crippen molar-refractivity contribution in [2.45, 2.75) is 39.1 Å². The van der Waals surface area contributed by atoms with Crippen LogP contribution in [-0.4, -0.2) is 48.0 Å². The van der Waals surface area contributed by atoms with E-state index in [4.69, 9.17) is 37.4 Å². The van der Waals surface area contributed by atoms with Gasteiger partial charge in [-0.05, 0) is 18.2 Å². The lowest BCUT2D eigenvalue weighted by Crippen LogP contribution is -2.65. The highest BCUT2D eigenvalue weighted by Gasteiger charge is 2.54. The van der Waals surface area contributed by atoms with Gasteiger partial charge in [-0.3, -0.25) is 24.0 Å². The molecule has 0 N–H and O–H groups in total. The van der Waals surface area contributed by atoms with Crippen LogP contribution < -0.4 is 4.90 Å². The average molecular weight is 432 g/mol. The number of carbonyl (C=O) groups excluding carboxylic acids is 5. The monoisotopic (exact) mass is 431 g/mol. The van der Waals surface area contributed by atoms with Gasteiger partial charge < -0.3 is 14.2 Å². The number of hydrogen-bond donors (Lipinski definition) is 0. The van der Waals surface area contributed by atoms with Crippen LogP contribution in [0.25, 0.3) is 0 Å². The number of anilines is 1. The van der Waals surface area contributed by atoms with Crippen LogP contribution in [0, 0.1) is 0 Å². The third kappa shape index (κ3) is 4.60. The van der Waals surface area contributed by atoms with E-state index in [1.54, 1.807) is 0 Å². The summed E-state index contributed by atoms with van der Waals surface area (Å²) in [5, 5.41) is 0.225. The molecule has 0 aromatic heterocycles. The Hall–Kier alpha value is -2.65. The quantitative estimate of drug-likeness (QED) is 0.401. The number of esters is 3. The number of rotatable bonds is 4. The number of hydrogen-bond acceptors (Lipinski definition) is 8. The van der Waals surface area contributed by atoms with Crippen molar-refractivity contribution in [2.24, 2.45) is 0 Å². The molecule has 9 nitrogen and oxygen atoms in total. The lowest BCUT2D eigenvalue weighted by Gasteiger charge is -2.39. The van der Waals surface area contributed by atoms with Gasteiger partial charge >= 0.3 is 17.9 Å². The fourth-order valence-corrected chi connectivity index (χ4v) is 2.88. The zero-order valence-electron chi connectivity index (χ0n) is 14.9. The molecular formula is C17H15Cl2NO8. The summed E-state index contributed by atoms with van der Waals surface area (Å²) >= 11 is 11.8. The summed E-state index contributed by atoms with van der Waals surface area (Å²) in [5.41, 5.74) is -0.0000194. The minimum absolute atomic E-state index is 0.0000194. The smallest absolute Gasteiger partial charge is 0.303 e. The van der Waals surface area contributed by atoms with Gasteiger partial charge in [0.2, 0.25) is 12.2 Å². The van der Waals surface area contributed by atoms with Crippen molar-refractivity contribution in [3.05, 3.63) is 28.2 Å². The third-order valence-corrected chi connectivity index (χ3v) is 4.31. The molecule has 1 aliphatic rings. The largest absolute Gasteiger partial charge is 0.453 e. The molecular weight excluding hydrogens is 417 g/mol. The van der Waals surface area contributed by atoms with E-state index in [0.717, 1.165) is 20.8 Å². The predicted octanol–water partition coefficient (Wildman–Crippen LogP) is 1.66. The minimum atomic E-state index is -1.72. The van der Waals surface area contributed by atoms with Crippen LogP contribution in [0.1, 0.15) is 20.8 Å². The molecule has 2 rings (SSSR count). The molecule has 0 spiro atoms. The Morgan fingerprint density at radius 1 is 0.821 bits per heavy atom. The Kier molecular flexibility index (Phi) is 6.63. The van der Waals surface area contributed by atoms with Crippen molar-refractivity contribution in [1.29, 1.82) is 0 Å². The standard InChI is InChI=1S/C17H15Cl2NO8/c1-7(21)26-13-14(27-8(2)22)16(24)20(17(25)15(13)28-9(3)23)10-4-5-11(18)12(19)6-10/h4-6,13-15H,1-3H3/t14-,15-/m0/s1. The summed E-state index contributed by atoms with van der Waals surface area (Å²) in [6.07, 6.45) is -5.10. The summed E-state index contributed by atoms with van der Waals surface area (Å²) in [4.78, 5) is 60.9. The van der Waals surface area contributed by atoms with Crippen LogP contribution in [0.3, 0.4) is 0 Å². The van der Waals surface area contributed by atoms with Gasteiger partial charge in [-0.25, -0.2) is 4.90 Å². The Labute approximate surface area is 169 Å². The first kappa shape index (κ1) is 21.6. The normalized spacial score (nSPS) is 20.0. The molecule has 28 heavy (non-hydrogen) atoms. The number of imide groups is 1. The molecule has 1 aromatic rings. The number of halogens is 2. The van der Waals surface area contributed by atoms with Crippen molar-refractivity contribution in [2.75, 3.05) is 4.90 Å². The van der Waals surface area contributed by atoms with E-state index in [2.05, 4.69) is 0 Å². The minimum Gasteiger partial charge on any atom is -0.453 e. The van der Waals surface area contributed by atoms with E-state index in [-0.39, 0.29) is 15.7 Å². The Morgan fingerprint density at radius 2 is 1.29 bits per heavy atom. The highest BCUT2D eigenvalue weighted by Crippen LogP contribution is 2.32. The van der Waals surface area contributed by atoms with Crippen LogP contribution in [0.4, 0.5) is 5.69 Å². The van der Waals surface area contributed by atoms with E-state index >= 15 is 0 Å². The maximum Gasteiger partial charge on any atom is 0.303 e. The fourth-order valence-electron chi connectivity index (χ4n) is 2.59. The Balaban J connectivity index is 2.57. The fraction of sp³-hybridized carbons (Fsp3) is 0.353. The molecule has 1 heterocycles. The first-order valence-corrected chi connectivity index (χ1v) is 8.63.